The molecule has 10 nitrogen and oxygen atoms in total. The zero-order chi connectivity index (χ0) is 18.3. The minimum Gasteiger partial charge on any atom is -0.480 e. The SMILES string of the molecule is NC(=O)CC[C@H](N=CC=C1C=C(C(=O)O)N[C@@H](C(=O)O)C1)C(=O)O. The summed E-state index contributed by atoms with van der Waals surface area (Å²) in [5.41, 5.74) is 5.03. The van der Waals surface area contributed by atoms with Gasteiger partial charge >= 0.3 is 17.9 Å². The van der Waals surface area contributed by atoms with Crippen molar-refractivity contribution in [1.82, 2.24) is 5.32 Å². The van der Waals surface area contributed by atoms with Crippen LogP contribution in [0.1, 0.15) is 19.3 Å². The van der Waals surface area contributed by atoms with Gasteiger partial charge in [0, 0.05) is 19.1 Å². The summed E-state index contributed by atoms with van der Waals surface area (Å²) in [6.45, 7) is 0. The summed E-state index contributed by atoms with van der Waals surface area (Å²) in [5.74, 6) is -4.41. The van der Waals surface area contributed by atoms with Crippen molar-refractivity contribution in [3.63, 3.8) is 0 Å². The molecule has 0 unspecified atom stereocenters. The highest BCUT2D eigenvalue weighted by atomic mass is 16.4. The van der Waals surface area contributed by atoms with E-state index in [-0.39, 0.29) is 25.0 Å². The summed E-state index contributed by atoms with van der Waals surface area (Å²) in [4.78, 5) is 47.5. The molecule has 0 aliphatic carbocycles. The Morgan fingerprint density at radius 3 is 2.50 bits per heavy atom. The number of primary amides is 1. The molecule has 0 bridgehead atoms. The molecular weight excluding hydrogens is 322 g/mol. The Hall–Kier alpha value is -3.17. The molecule has 2 atom stereocenters. The van der Waals surface area contributed by atoms with Gasteiger partial charge in [-0.05, 0) is 24.1 Å². The highest BCUT2D eigenvalue weighted by molar-refractivity contribution is 5.90. The molecule has 0 spiro atoms. The van der Waals surface area contributed by atoms with Crippen molar-refractivity contribution in [3.05, 3.63) is 23.4 Å². The van der Waals surface area contributed by atoms with Crippen molar-refractivity contribution in [2.24, 2.45) is 10.7 Å². The molecule has 130 valence electrons. The predicted octanol–water partition coefficient (Wildman–Crippen LogP) is -0.883. The lowest BCUT2D eigenvalue weighted by Crippen LogP contribution is -2.41. The normalized spacial score (nSPS) is 20.2. The number of nitrogens with zero attached hydrogens (tertiary/aromatic N) is 1. The minimum absolute atomic E-state index is 0.0111. The van der Waals surface area contributed by atoms with Crippen molar-refractivity contribution in [2.75, 3.05) is 0 Å². The molecule has 0 aromatic heterocycles. The molecule has 6 N–H and O–H groups in total. The fraction of sp³-hybridized carbons (Fsp3) is 0.357. The second kappa shape index (κ2) is 8.46. The number of carboxylic acids is 3. The van der Waals surface area contributed by atoms with Crippen LogP contribution in [0.3, 0.4) is 0 Å². The topological polar surface area (TPSA) is 179 Å². The molecule has 0 aromatic carbocycles. The molecule has 10 heteroatoms. The molecule has 0 saturated carbocycles. The summed E-state index contributed by atoms with van der Waals surface area (Å²) in [5, 5.41) is 29.3. The Morgan fingerprint density at radius 2 is 2.00 bits per heavy atom. The van der Waals surface area contributed by atoms with Gasteiger partial charge in [-0.3, -0.25) is 9.79 Å². The van der Waals surface area contributed by atoms with Gasteiger partial charge in [0.05, 0.1) is 0 Å². The second-order valence-corrected chi connectivity index (χ2v) is 5.00. The number of hydrogen-bond donors (Lipinski definition) is 5. The molecule has 0 fully saturated rings. The fourth-order valence-corrected chi connectivity index (χ4v) is 1.93. The van der Waals surface area contributed by atoms with E-state index in [1.165, 1.54) is 12.2 Å². The quantitative estimate of drug-likeness (QED) is 0.353. The van der Waals surface area contributed by atoms with E-state index in [0.29, 0.717) is 5.57 Å². The maximum Gasteiger partial charge on any atom is 0.351 e. The molecule has 1 amide bonds. The van der Waals surface area contributed by atoms with Crippen molar-refractivity contribution in [3.8, 4) is 0 Å². The van der Waals surface area contributed by atoms with Crippen molar-refractivity contribution < 1.29 is 34.5 Å². The highest BCUT2D eigenvalue weighted by Crippen LogP contribution is 2.16. The number of carbonyl (C=O) groups is 4. The summed E-state index contributed by atoms with van der Waals surface area (Å²) in [6.07, 6.45) is 3.53. The number of allylic oxidation sites excluding steroid dienone is 2. The van der Waals surface area contributed by atoms with Crippen LogP contribution in [0.5, 0.6) is 0 Å². The molecule has 0 aromatic rings. The maximum atomic E-state index is 11.0. The van der Waals surface area contributed by atoms with Crippen LogP contribution in [-0.2, 0) is 19.2 Å². The minimum atomic E-state index is -1.31. The largest absolute Gasteiger partial charge is 0.480 e. The van der Waals surface area contributed by atoms with E-state index in [9.17, 15) is 19.2 Å². The first-order valence-corrected chi connectivity index (χ1v) is 6.88. The number of aliphatic carboxylic acids is 3. The van der Waals surface area contributed by atoms with Gasteiger partial charge in [-0.15, -0.1) is 0 Å². The predicted molar refractivity (Wildman–Crippen MR) is 81.3 cm³/mol. The summed E-state index contributed by atoms with van der Waals surface area (Å²) < 4.78 is 0. The number of nitrogens with two attached hydrogens (primary N) is 1. The van der Waals surface area contributed by atoms with Crippen LogP contribution in [0.4, 0.5) is 0 Å². The third-order valence-corrected chi connectivity index (χ3v) is 3.13. The molecule has 1 rings (SSSR count). The summed E-state index contributed by atoms with van der Waals surface area (Å²) >= 11 is 0. The molecule has 24 heavy (non-hydrogen) atoms. The van der Waals surface area contributed by atoms with Gasteiger partial charge in [-0.25, -0.2) is 14.4 Å². The lowest BCUT2D eigenvalue weighted by Gasteiger charge is -2.21. The van der Waals surface area contributed by atoms with Gasteiger partial charge in [0.15, 0.2) is 0 Å². The van der Waals surface area contributed by atoms with Crippen LogP contribution in [0.15, 0.2) is 28.4 Å². The number of hydrogen-bond acceptors (Lipinski definition) is 6. The number of nitrogens with one attached hydrogen (secondary N) is 1. The first-order valence-electron chi connectivity index (χ1n) is 6.88. The second-order valence-electron chi connectivity index (χ2n) is 5.00. The van der Waals surface area contributed by atoms with E-state index in [2.05, 4.69) is 10.3 Å². The van der Waals surface area contributed by atoms with Crippen LogP contribution in [0, 0.1) is 0 Å². The average molecular weight is 339 g/mol. The zero-order valence-electron chi connectivity index (χ0n) is 12.5. The first-order chi connectivity index (χ1) is 11.2. The van der Waals surface area contributed by atoms with Gasteiger partial charge in [0.25, 0.3) is 0 Å². The van der Waals surface area contributed by atoms with Crippen LogP contribution >= 0.6 is 0 Å². The van der Waals surface area contributed by atoms with E-state index < -0.39 is 35.9 Å². The standard InChI is InChI=1S/C14H17N3O7/c15-11(18)2-1-8(12(19)20)16-4-3-7-5-9(13(21)22)17-10(6-7)14(23)24/h3-5,8,10,17H,1-2,6H2,(H2,15,18)(H,19,20)(H,21,22)(H,23,24)/t8-,10+/m0/s1. The Kier molecular flexibility index (Phi) is 6.65. The van der Waals surface area contributed by atoms with Gasteiger partial charge in [-0.2, -0.15) is 0 Å². The smallest absolute Gasteiger partial charge is 0.351 e. The van der Waals surface area contributed by atoms with Gasteiger partial charge in [0.2, 0.25) is 5.91 Å². The van der Waals surface area contributed by atoms with E-state index in [1.807, 2.05) is 0 Å². The van der Waals surface area contributed by atoms with E-state index in [4.69, 9.17) is 21.1 Å². The number of carbonyl (C=O) groups excluding carboxylic acids is 1. The summed E-state index contributed by atoms with van der Waals surface area (Å²) in [6, 6.07) is -2.28. The van der Waals surface area contributed by atoms with Crippen molar-refractivity contribution in [2.45, 2.75) is 31.3 Å². The molecule has 0 saturated heterocycles. The maximum absolute atomic E-state index is 11.0. The van der Waals surface area contributed by atoms with E-state index in [0.717, 1.165) is 6.21 Å². The van der Waals surface area contributed by atoms with Crippen molar-refractivity contribution >= 4 is 30.0 Å². The van der Waals surface area contributed by atoms with Crippen LogP contribution in [0.25, 0.3) is 0 Å². The third kappa shape index (κ3) is 5.91. The fourth-order valence-electron chi connectivity index (χ4n) is 1.93. The van der Waals surface area contributed by atoms with Crippen molar-refractivity contribution in [1.29, 1.82) is 0 Å². The lowest BCUT2D eigenvalue weighted by atomic mass is 10.00. The lowest BCUT2D eigenvalue weighted by molar-refractivity contribution is -0.140. The van der Waals surface area contributed by atoms with Crippen LogP contribution < -0.4 is 11.1 Å². The molecule has 1 aliphatic heterocycles. The van der Waals surface area contributed by atoms with E-state index in [1.54, 1.807) is 0 Å². The van der Waals surface area contributed by atoms with Gasteiger partial charge < -0.3 is 26.4 Å². The number of aliphatic imine (C=N–C) groups is 1. The number of amides is 1. The average Bonchev–Trinajstić information content (AvgIpc) is 2.49. The Morgan fingerprint density at radius 1 is 1.33 bits per heavy atom. The Bertz CT molecular complexity index is 636. The van der Waals surface area contributed by atoms with Crippen LogP contribution in [-0.4, -0.2) is 57.4 Å². The third-order valence-electron chi connectivity index (χ3n) is 3.13. The number of carboxylic acid groups (broad SMARTS) is 3. The van der Waals surface area contributed by atoms with Gasteiger partial charge in [0.1, 0.15) is 17.8 Å². The monoisotopic (exact) mass is 339 g/mol. The first kappa shape index (κ1) is 18.9. The van der Waals surface area contributed by atoms with Gasteiger partial charge in [-0.1, -0.05) is 0 Å². The van der Waals surface area contributed by atoms with E-state index >= 15 is 0 Å². The Balaban J connectivity index is 2.90. The highest BCUT2D eigenvalue weighted by Gasteiger charge is 2.26. The zero-order valence-corrected chi connectivity index (χ0v) is 12.5. The van der Waals surface area contributed by atoms with Crippen LogP contribution in [0.2, 0.25) is 0 Å². The summed E-state index contributed by atoms with van der Waals surface area (Å²) in [7, 11) is 0. The molecule has 1 heterocycles. The Labute approximate surface area is 136 Å². The molecular formula is C14H17N3O7. The molecule has 0 radical (unpaired) electrons. The number of rotatable bonds is 8. The molecule has 1 aliphatic rings.